The smallest absolute Gasteiger partial charge is 0.0304 e. The summed E-state index contributed by atoms with van der Waals surface area (Å²) in [5.41, 5.74) is 1.44. The molecule has 1 heterocycles. The van der Waals surface area contributed by atoms with E-state index in [-0.39, 0.29) is 12.4 Å². The normalized spacial score (nSPS) is 16.9. The highest BCUT2D eigenvalue weighted by Gasteiger charge is 2.14. The minimum Gasteiger partial charge on any atom is -1.00 e. The van der Waals surface area contributed by atoms with Gasteiger partial charge >= 0.3 is 0 Å². The van der Waals surface area contributed by atoms with E-state index in [9.17, 15) is 0 Å². The van der Waals surface area contributed by atoms with E-state index in [1.54, 1.807) is 0 Å². The maximum atomic E-state index is 3.64. The SMILES string of the molecule is Cc1ccsc1CNC1CCCC1.[Cl-]. The van der Waals surface area contributed by atoms with E-state index in [2.05, 4.69) is 23.7 Å². The molecular formula is C11H17ClNS-. The summed E-state index contributed by atoms with van der Waals surface area (Å²) in [5, 5.41) is 5.82. The summed E-state index contributed by atoms with van der Waals surface area (Å²) in [4.78, 5) is 1.51. The van der Waals surface area contributed by atoms with Crippen LogP contribution in [0, 0.1) is 6.92 Å². The van der Waals surface area contributed by atoms with Gasteiger partial charge in [-0.15, -0.1) is 11.3 Å². The Kier molecular flexibility index (Phi) is 4.93. The van der Waals surface area contributed by atoms with Crippen LogP contribution in [0.1, 0.15) is 36.1 Å². The molecule has 1 aliphatic rings. The fraction of sp³-hybridized carbons (Fsp3) is 0.636. The second-order valence-corrected chi connectivity index (χ2v) is 4.89. The molecule has 1 aromatic heterocycles. The first kappa shape index (κ1) is 12.0. The molecule has 1 aliphatic carbocycles. The molecule has 80 valence electrons. The zero-order chi connectivity index (χ0) is 9.10. The highest BCUT2D eigenvalue weighted by atomic mass is 35.5. The van der Waals surface area contributed by atoms with Gasteiger partial charge in [-0.2, -0.15) is 0 Å². The first-order chi connectivity index (χ1) is 6.36. The maximum absolute atomic E-state index is 3.64. The van der Waals surface area contributed by atoms with Crippen molar-refractivity contribution < 1.29 is 12.4 Å². The Morgan fingerprint density at radius 3 is 2.71 bits per heavy atom. The van der Waals surface area contributed by atoms with E-state index in [1.807, 2.05) is 11.3 Å². The molecule has 1 fully saturated rings. The predicted molar refractivity (Wildman–Crippen MR) is 58.2 cm³/mol. The molecule has 0 radical (unpaired) electrons. The van der Waals surface area contributed by atoms with Crippen LogP contribution in [-0.2, 0) is 6.54 Å². The van der Waals surface area contributed by atoms with Crippen molar-refractivity contribution in [1.29, 1.82) is 0 Å². The zero-order valence-electron chi connectivity index (χ0n) is 8.55. The van der Waals surface area contributed by atoms with Crippen LogP contribution in [0.4, 0.5) is 0 Å². The Labute approximate surface area is 96.3 Å². The molecule has 1 nitrogen and oxygen atoms in total. The van der Waals surface area contributed by atoms with Crippen molar-refractivity contribution in [2.75, 3.05) is 0 Å². The zero-order valence-corrected chi connectivity index (χ0v) is 10.1. The van der Waals surface area contributed by atoms with Crippen LogP contribution < -0.4 is 17.7 Å². The molecule has 2 rings (SSSR count). The van der Waals surface area contributed by atoms with Gasteiger partial charge in [-0.25, -0.2) is 0 Å². The van der Waals surface area contributed by atoms with Gasteiger partial charge in [0.05, 0.1) is 0 Å². The van der Waals surface area contributed by atoms with Crippen molar-refractivity contribution in [3.63, 3.8) is 0 Å². The molecule has 1 saturated carbocycles. The van der Waals surface area contributed by atoms with Gasteiger partial charge in [0.2, 0.25) is 0 Å². The van der Waals surface area contributed by atoms with E-state index in [0.29, 0.717) is 0 Å². The summed E-state index contributed by atoms with van der Waals surface area (Å²) in [7, 11) is 0. The molecule has 0 unspecified atom stereocenters. The topological polar surface area (TPSA) is 12.0 Å². The van der Waals surface area contributed by atoms with Crippen LogP contribution in [0.25, 0.3) is 0 Å². The average molecular weight is 231 g/mol. The van der Waals surface area contributed by atoms with E-state index in [4.69, 9.17) is 0 Å². The fourth-order valence-electron chi connectivity index (χ4n) is 1.95. The number of aryl methyl sites for hydroxylation is 1. The maximum Gasteiger partial charge on any atom is 0.0304 e. The van der Waals surface area contributed by atoms with Crippen LogP contribution in [0.3, 0.4) is 0 Å². The Morgan fingerprint density at radius 2 is 2.14 bits per heavy atom. The first-order valence-electron chi connectivity index (χ1n) is 5.12. The van der Waals surface area contributed by atoms with Gasteiger partial charge in [-0.1, -0.05) is 12.8 Å². The number of hydrogen-bond acceptors (Lipinski definition) is 2. The molecule has 3 heteroatoms. The van der Waals surface area contributed by atoms with Crippen molar-refractivity contribution in [1.82, 2.24) is 5.32 Å². The molecule has 1 aromatic rings. The van der Waals surface area contributed by atoms with E-state index < -0.39 is 0 Å². The van der Waals surface area contributed by atoms with Gasteiger partial charge in [0.25, 0.3) is 0 Å². The lowest BCUT2D eigenvalue weighted by Crippen LogP contribution is -3.00. The lowest BCUT2D eigenvalue weighted by atomic mass is 10.2. The Bertz CT molecular complexity index is 266. The standard InChI is InChI=1S/C11H17NS.ClH/c1-9-6-7-13-11(9)8-12-10-4-2-3-5-10;/h6-7,10,12H,2-5,8H2,1H3;1H/p-1. The quantitative estimate of drug-likeness (QED) is 0.777. The molecule has 14 heavy (non-hydrogen) atoms. The van der Waals surface area contributed by atoms with Gasteiger partial charge < -0.3 is 17.7 Å². The molecule has 0 saturated heterocycles. The summed E-state index contributed by atoms with van der Waals surface area (Å²) in [6, 6.07) is 3.00. The lowest BCUT2D eigenvalue weighted by Gasteiger charge is -2.10. The molecule has 1 N–H and O–H groups in total. The number of halogens is 1. The van der Waals surface area contributed by atoms with E-state index in [1.165, 1.54) is 36.1 Å². The fourth-order valence-corrected chi connectivity index (χ4v) is 2.81. The second kappa shape index (κ2) is 5.74. The molecule has 0 amide bonds. The molecular weight excluding hydrogens is 214 g/mol. The van der Waals surface area contributed by atoms with Gasteiger partial charge in [0.1, 0.15) is 0 Å². The average Bonchev–Trinajstić information content (AvgIpc) is 2.72. The highest BCUT2D eigenvalue weighted by Crippen LogP contribution is 2.20. The van der Waals surface area contributed by atoms with Gasteiger partial charge in [0, 0.05) is 17.5 Å². The van der Waals surface area contributed by atoms with Crippen molar-refractivity contribution in [2.45, 2.75) is 45.2 Å². The summed E-state index contributed by atoms with van der Waals surface area (Å²) >= 11 is 1.87. The van der Waals surface area contributed by atoms with Crippen LogP contribution in [0.15, 0.2) is 11.4 Å². The summed E-state index contributed by atoms with van der Waals surface area (Å²) in [5.74, 6) is 0. The minimum atomic E-state index is 0. The largest absolute Gasteiger partial charge is 1.00 e. The molecule has 0 aliphatic heterocycles. The highest BCUT2D eigenvalue weighted by molar-refractivity contribution is 7.10. The monoisotopic (exact) mass is 230 g/mol. The molecule has 0 atom stereocenters. The van der Waals surface area contributed by atoms with Gasteiger partial charge in [-0.3, -0.25) is 0 Å². The van der Waals surface area contributed by atoms with Crippen LogP contribution >= 0.6 is 11.3 Å². The first-order valence-corrected chi connectivity index (χ1v) is 6.00. The molecule has 0 aromatic carbocycles. The lowest BCUT2D eigenvalue weighted by molar-refractivity contribution is -0.00000277. The van der Waals surface area contributed by atoms with Crippen molar-refractivity contribution >= 4 is 11.3 Å². The molecule has 0 bridgehead atoms. The Morgan fingerprint density at radius 1 is 1.43 bits per heavy atom. The van der Waals surface area contributed by atoms with Crippen molar-refractivity contribution in [2.24, 2.45) is 0 Å². The molecule has 0 spiro atoms. The summed E-state index contributed by atoms with van der Waals surface area (Å²) < 4.78 is 0. The second-order valence-electron chi connectivity index (χ2n) is 3.89. The van der Waals surface area contributed by atoms with Gasteiger partial charge in [0.15, 0.2) is 0 Å². The minimum absolute atomic E-state index is 0. The van der Waals surface area contributed by atoms with Crippen LogP contribution in [0.5, 0.6) is 0 Å². The van der Waals surface area contributed by atoms with E-state index >= 15 is 0 Å². The van der Waals surface area contributed by atoms with Gasteiger partial charge in [-0.05, 0) is 36.8 Å². The third-order valence-electron chi connectivity index (χ3n) is 2.87. The van der Waals surface area contributed by atoms with Crippen molar-refractivity contribution in [3.8, 4) is 0 Å². The Hall–Kier alpha value is -0.0500. The summed E-state index contributed by atoms with van der Waals surface area (Å²) in [6.45, 7) is 3.27. The number of hydrogen-bond donors (Lipinski definition) is 1. The number of nitrogens with one attached hydrogen (secondary N) is 1. The Balaban J connectivity index is 0.000000980. The predicted octanol–water partition coefficient (Wildman–Crippen LogP) is 0.0927. The summed E-state index contributed by atoms with van der Waals surface area (Å²) in [6.07, 6.45) is 5.59. The number of rotatable bonds is 3. The third-order valence-corrected chi connectivity index (χ3v) is 3.90. The van der Waals surface area contributed by atoms with E-state index in [0.717, 1.165) is 12.6 Å². The van der Waals surface area contributed by atoms with Crippen molar-refractivity contribution in [3.05, 3.63) is 21.9 Å². The van der Waals surface area contributed by atoms with Crippen LogP contribution in [0.2, 0.25) is 0 Å². The third kappa shape index (κ3) is 2.97. The van der Waals surface area contributed by atoms with Crippen LogP contribution in [-0.4, -0.2) is 6.04 Å². The number of thiophene rings is 1.